The van der Waals surface area contributed by atoms with Crippen molar-refractivity contribution in [2.24, 2.45) is 5.10 Å². The summed E-state index contributed by atoms with van der Waals surface area (Å²) in [7, 11) is 4.37. The van der Waals surface area contributed by atoms with Crippen LogP contribution in [0.4, 0.5) is 5.69 Å². The van der Waals surface area contributed by atoms with Gasteiger partial charge in [-0.1, -0.05) is 18.2 Å². The second-order valence-corrected chi connectivity index (χ2v) is 7.28. The van der Waals surface area contributed by atoms with Crippen molar-refractivity contribution in [3.05, 3.63) is 77.9 Å². The summed E-state index contributed by atoms with van der Waals surface area (Å²) in [4.78, 5) is 36.9. The van der Waals surface area contributed by atoms with E-state index in [2.05, 4.69) is 15.8 Å². The van der Waals surface area contributed by atoms with Gasteiger partial charge in [0.1, 0.15) is 11.5 Å². The molecular weight excluding hydrogens is 466 g/mol. The zero-order chi connectivity index (χ0) is 26.1. The average molecular weight is 492 g/mol. The fourth-order valence-corrected chi connectivity index (χ4v) is 3.04. The van der Waals surface area contributed by atoms with E-state index in [0.29, 0.717) is 39.8 Å². The number of ether oxygens (including phenoxy) is 4. The third-order valence-electron chi connectivity index (χ3n) is 4.98. The maximum atomic E-state index is 12.3. The van der Waals surface area contributed by atoms with Crippen LogP contribution in [0.25, 0.3) is 0 Å². The molecule has 0 bridgehead atoms. The standard InChI is InChI=1S/C26H25N3O7/c1-16(28-29-25(31)24(30)27-20-12-11-19(33-2)15-22(20)34-3)18-10-13-21(23(14-18)35-4)36-26(32)17-8-6-5-7-9-17/h5-15H,1-4H3,(H,27,30)(H,29,31)/b28-16+. The first-order valence-corrected chi connectivity index (χ1v) is 10.7. The van der Waals surface area contributed by atoms with Gasteiger partial charge in [-0.3, -0.25) is 9.59 Å². The molecule has 10 nitrogen and oxygen atoms in total. The van der Waals surface area contributed by atoms with E-state index in [1.54, 1.807) is 73.7 Å². The number of benzene rings is 3. The van der Waals surface area contributed by atoms with E-state index >= 15 is 0 Å². The minimum absolute atomic E-state index is 0.222. The monoisotopic (exact) mass is 491 g/mol. The normalized spacial score (nSPS) is 10.7. The summed E-state index contributed by atoms with van der Waals surface area (Å²) < 4.78 is 21.1. The Kier molecular flexibility index (Phi) is 8.60. The molecule has 0 aliphatic heterocycles. The van der Waals surface area contributed by atoms with Crippen molar-refractivity contribution in [2.45, 2.75) is 6.92 Å². The Hall–Kier alpha value is -4.86. The second kappa shape index (κ2) is 12.0. The lowest BCUT2D eigenvalue weighted by atomic mass is 10.1. The zero-order valence-corrected chi connectivity index (χ0v) is 20.2. The van der Waals surface area contributed by atoms with E-state index in [9.17, 15) is 14.4 Å². The molecule has 186 valence electrons. The molecule has 0 saturated heterocycles. The number of amides is 2. The number of nitrogens with one attached hydrogen (secondary N) is 2. The third kappa shape index (κ3) is 6.38. The van der Waals surface area contributed by atoms with Gasteiger partial charge in [0.2, 0.25) is 0 Å². The Balaban J connectivity index is 1.66. The molecule has 3 aromatic carbocycles. The van der Waals surface area contributed by atoms with Crippen LogP contribution >= 0.6 is 0 Å². The highest BCUT2D eigenvalue weighted by Crippen LogP contribution is 2.30. The minimum atomic E-state index is -0.979. The topological polar surface area (TPSA) is 125 Å². The molecule has 0 radical (unpaired) electrons. The van der Waals surface area contributed by atoms with E-state index in [1.807, 2.05) is 0 Å². The number of methoxy groups -OCH3 is 3. The predicted molar refractivity (Wildman–Crippen MR) is 133 cm³/mol. The molecule has 0 fully saturated rings. The van der Waals surface area contributed by atoms with Gasteiger partial charge in [-0.2, -0.15) is 5.10 Å². The Morgan fingerprint density at radius 3 is 2.11 bits per heavy atom. The number of esters is 1. The van der Waals surface area contributed by atoms with Crippen LogP contribution in [0.1, 0.15) is 22.8 Å². The second-order valence-electron chi connectivity index (χ2n) is 7.28. The summed E-state index contributed by atoms with van der Waals surface area (Å²) in [6.45, 7) is 1.63. The Labute approximate surface area is 207 Å². The van der Waals surface area contributed by atoms with Crippen molar-refractivity contribution < 1.29 is 33.3 Å². The van der Waals surface area contributed by atoms with Crippen molar-refractivity contribution in [2.75, 3.05) is 26.6 Å². The maximum absolute atomic E-state index is 12.3. The summed E-state index contributed by atoms with van der Waals surface area (Å²) in [5, 5.41) is 6.45. The van der Waals surface area contributed by atoms with Gasteiger partial charge in [0.25, 0.3) is 0 Å². The summed E-state index contributed by atoms with van der Waals surface area (Å²) >= 11 is 0. The molecule has 0 aliphatic carbocycles. The molecule has 3 aromatic rings. The molecule has 3 rings (SSSR count). The molecule has 2 N–H and O–H groups in total. The third-order valence-corrected chi connectivity index (χ3v) is 4.98. The van der Waals surface area contributed by atoms with Gasteiger partial charge in [0.15, 0.2) is 11.5 Å². The molecule has 0 heterocycles. The van der Waals surface area contributed by atoms with Crippen molar-refractivity contribution in [3.8, 4) is 23.0 Å². The van der Waals surface area contributed by atoms with E-state index < -0.39 is 17.8 Å². The lowest BCUT2D eigenvalue weighted by Gasteiger charge is -2.12. The quantitative estimate of drug-likeness (QED) is 0.163. The molecule has 0 atom stereocenters. The van der Waals surface area contributed by atoms with Crippen molar-refractivity contribution >= 4 is 29.2 Å². The SMILES string of the molecule is COc1ccc(NC(=O)C(=O)N/N=C(\C)c2ccc(OC(=O)c3ccccc3)c(OC)c2)c(OC)c1. The predicted octanol–water partition coefficient (Wildman–Crippen LogP) is 3.41. The summed E-state index contributed by atoms with van der Waals surface area (Å²) in [6.07, 6.45) is 0. The van der Waals surface area contributed by atoms with E-state index in [1.165, 1.54) is 21.3 Å². The molecule has 10 heteroatoms. The van der Waals surface area contributed by atoms with Crippen LogP contribution in [0.2, 0.25) is 0 Å². The highest BCUT2D eigenvalue weighted by Gasteiger charge is 2.17. The first kappa shape index (κ1) is 25.8. The number of carbonyl (C=O) groups is 3. The van der Waals surface area contributed by atoms with Gasteiger partial charge in [0.05, 0.1) is 38.3 Å². The fraction of sp³-hybridized carbons (Fsp3) is 0.154. The molecule has 0 saturated carbocycles. The highest BCUT2D eigenvalue weighted by atomic mass is 16.6. The van der Waals surface area contributed by atoms with Crippen LogP contribution in [-0.4, -0.2) is 44.8 Å². The summed E-state index contributed by atoms with van der Waals surface area (Å²) in [6, 6.07) is 18.1. The van der Waals surface area contributed by atoms with Crippen molar-refractivity contribution in [1.82, 2.24) is 5.43 Å². The van der Waals surface area contributed by atoms with Crippen LogP contribution < -0.4 is 29.7 Å². The summed E-state index contributed by atoms with van der Waals surface area (Å²) in [5.74, 6) is -1.06. The van der Waals surface area contributed by atoms with Gasteiger partial charge in [-0.15, -0.1) is 0 Å². The lowest BCUT2D eigenvalue weighted by molar-refractivity contribution is -0.136. The fourth-order valence-electron chi connectivity index (χ4n) is 3.04. The van der Waals surface area contributed by atoms with Crippen LogP contribution in [0.15, 0.2) is 71.8 Å². The van der Waals surface area contributed by atoms with Crippen molar-refractivity contribution in [3.63, 3.8) is 0 Å². The number of hydrazone groups is 1. The number of hydrogen-bond acceptors (Lipinski definition) is 8. The van der Waals surface area contributed by atoms with Crippen LogP contribution in [0, 0.1) is 0 Å². The number of hydrogen-bond donors (Lipinski definition) is 2. The maximum Gasteiger partial charge on any atom is 0.343 e. The Morgan fingerprint density at radius 2 is 1.44 bits per heavy atom. The smallest absolute Gasteiger partial charge is 0.343 e. The van der Waals surface area contributed by atoms with E-state index in [-0.39, 0.29) is 5.75 Å². The van der Waals surface area contributed by atoms with Gasteiger partial charge < -0.3 is 24.3 Å². The van der Waals surface area contributed by atoms with E-state index in [0.717, 1.165) is 0 Å². The average Bonchev–Trinajstić information content (AvgIpc) is 2.92. The van der Waals surface area contributed by atoms with Gasteiger partial charge in [0, 0.05) is 11.6 Å². The molecule has 0 aliphatic rings. The Morgan fingerprint density at radius 1 is 0.722 bits per heavy atom. The molecular formula is C26H25N3O7. The molecule has 0 unspecified atom stereocenters. The largest absolute Gasteiger partial charge is 0.497 e. The number of nitrogens with zero attached hydrogens (tertiary/aromatic N) is 1. The number of rotatable bonds is 8. The Bertz CT molecular complexity index is 1290. The molecule has 36 heavy (non-hydrogen) atoms. The van der Waals surface area contributed by atoms with Crippen LogP contribution in [-0.2, 0) is 9.59 Å². The molecule has 2 amide bonds. The lowest BCUT2D eigenvalue weighted by Crippen LogP contribution is -2.33. The highest BCUT2D eigenvalue weighted by molar-refractivity contribution is 6.39. The molecule has 0 spiro atoms. The first-order valence-electron chi connectivity index (χ1n) is 10.7. The number of carbonyl (C=O) groups excluding carboxylic acids is 3. The number of anilines is 1. The molecule has 0 aromatic heterocycles. The van der Waals surface area contributed by atoms with Gasteiger partial charge >= 0.3 is 17.8 Å². The minimum Gasteiger partial charge on any atom is -0.497 e. The first-order chi connectivity index (χ1) is 17.4. The van der Waals surface area contributed by atoms with Gasteiger partial charge in [-0.25, -0.2) is 10.2 Å². The van der Waals surface area contributed by atoms with Crippen molar-refractivity contribution in [1.29, 1.82) is 0 Å². The van der Waals surface area contributed by atoms with Gasteiger partial charge in [-0.05, 0) is 49.4 Å². The van der Waals surface area contributed by atoms with Crippen LogP contribution in [0.3, 0.4) is 0 Å². The zero-order valence-electron chi connectivity index (χ0n) is 20.2. The van der Waals surface area contributed by atoms with Crippen LogP contribution in [0.5, 0.6) is 23.0 Å². The summed E-state index contributed by atoms with van der Waals surface area (Å²) in [5.41, 5.74) is 3.87. The van der Waals surface area contributed by atoms with E-state index in [4.69, 9.17) is 18.9 Å².